The van der Waals surface area contributed by atoms with E-state index in [0.29, 0.717) is 0 Å². The Labute approximate surface area is 291 Å². The van der Waals surface area contributed by atoms with E-state index in [-0.39, 0.29) is 0 Å². The van der Waals surface area contributed by atoms with E-state index in [9.17, 15) is 0 Å². The van der Waals surface area contributed by atoms with Crippen molar-refractivity contribution in [3.05, 3.63) is 170 Å². The molecule has 4 heteroatoms. The van der Waals surface area contributed by atoms with Crippen LogP contribution in [0.25, 0.3) is 80.4 Å². The standard InChI is InChI=1S/C46H28N2OS/c1-2-11-30(12-3-1)48-39-17-7-4-13-33(39)35-16-10-18-40(46(35)48)47(32-24-26-44-38(28-32)34-14-6-9-20-43(34)50-44)31-23-21-29-22-25-42-45(37(29)27-31)36-15-5-8-19-41(36)49-42/h1-28H. The van der Waals surface area contributed by atoms with Gasteiger partial charge in [-0.15, -0.1) is 11.3 Å². The lowest BCUT2D eigenvalue weighted by molar-refractivity contribution is 0.669. The van der Waals surface area contributed by atoms with E-state index in [1.54, 1.807) is 0 Å². The van der Waals surface area contributed by atoms with Crippen molar-refractivity contribution >= 4 is 103 Å². The fourth-order valence-electron chi connectivity index (χ4n) is 7.98. The number of hydrogen-bond donors (Lipinski definition) is 0. The monoisotopic (exact) mass is 656 g/mol. The Morgan fingerprint density at radius 2 is 1.14 bits per heavy atom. The van der Waals surface area contributed by atoms with Crippen LogP contribution in [0.2, 0.25) is 0 Å². The normalized spacial score (nSPS) is 12.0. The second kappa shape index (κ2) is 10.6. The molecule has 0 spiro atoms. The van der Waals surface area contributed by atoms with Crippen LogP contribution in [-0.2, 0) is 0 Å². The average Bonchev–Trinajstić information content (AvgIpc) is 3.85. The third-order valence-corrected chi connectivity index (χ3v) is 11.3. The summed E-state index contributed by atoms with van der Waals surface area (Å²) in [6.07, 6.45) is 0. The summed E-state index contributed by atoms with van der Waals surface area (Å²) in [7, 11) is 0. The summed E-state index contributed by atoms with van der Waals surface area (Å²) in [6, 6.07) is 61.4. The van der Waals surface area contributed by atoms with E-state index in [1.165, 1.54) is 52.8 Å². The molecule has 0 unspecified atom stereocenters. The minimum absolute atomic E-state index is 0.903. The van der Waals surface area contributed by atoms with Gasteiger partial charge in [0.1, 0.15) is 11.2 Å². The summed E-state index contributed by atoms with van der Waals surface area (Å²) in [5, 5.41) is 9.65. The second-order valence-corrected chi connectivity index (χ2v) is 14.0. The molecule has 0 aliphatic carbocycles. The minimum Gasteiger partial charge on any atom is -0.456 e. The smallest absolute Gasteiger partial charge is 0.136 e. The number of furan rings is 1. The topological polar surface area (TPSA) is 21.3 Å². The molecule has 11 aromatic rings. The average molecular weight is 657 g/mol. The minimum atomic E-state index is 0.903. The highest BCUT2D eigenvalue weighted by Gasteiger charge is 2.23. The molecule has 0 amide bonds. The third kappa shape index (κ3) is 3.97. The fraction of sp³-hybridized carbons (Fsp3) is 0. The molecule has 0 bridgehead atoms. The van der Waals surface area contributed by atoms with Gasteiger partial charge in [0.05, 0.1) is 16.7 Å². The number of anilines is 3. The predicted molar refractivity (Wildman–Crippen MR) is 213 cm³/mol. The van der Waals surface area contributed by atoms with Crippen LogP contribution >= 0.6 is 11.3 Å². The van der Waals surface area contributed by atoms with Crippen molar-refractivity contribution in [1.29, 1.82) is 0 Å². The zero-order valence-corrected chi connectivity index (χ0v) is 27.7. The van der Waals surface area contributed by atoms with E-state index >= 15 is 0 Å². The highest BCUT2D eigenvalue weighted by atomic mass is 32.1. The van der Waals surface area contributed by atoms with Crippen molar-refractivity contribution in [2.75, 3.05) is 4.90 Å². The summed E-state index contributed by atoms with van der Waals surface area (Å²) in [6.45, 7) is 0. The number of nitrogens with zero attached hydrogens (tertiary/aromatic N) is 2. The first-order valence-electron chi connectivity index (χ1n) is 16.9. The van der Waals surface area contributed by atoms with E-state index in [0.717, 1.165) is 44.7 Å². The van der Waals surface area contributed by atoms with E-state index in [2.05, 4.69) is 173 Å². The maximum absolute atomic E-state index is 6.35. The summed E-state index contributed by atoms with van der Waals surface area (Å²) in [5.41, 5.74) is 8.62. The van der Waals surface area contributed by atoms with E-state index < -0.39 is 0 Å². The van der Waals surface area contributed by atoms with Crippen LogP contribution in [0.4, 0.5) is 17.1 Å². The van der Waals surface area contributed by atoms with Gasteiger partial charge in [0.25, 0.3) is 0 Å². The first kappa shape index (κ1) is 27.6. The molecule has 0 aliphatic heterocycles. The molecule has 0 atom stereocenters. The molecular weight excluding hydrogens is 629 g/mol. The van der Waals surface area contributed by atoms with Crippen molar-refractivity contribution in [2.24, 2.45) is 0 Å². The molecule has 50 heavy (non-hydrogen) atoms. The number of fused-ring (bicyclic) bond motifs is 11. The Morgan fingerprint density at radius 3 is 2.04 bits per heavy atom. The molecule has 0 aliphatic rings. The Balaban J connectivity index is 1.27. The summed E-state index contributed by atoms with van der Waals surface area (Å²) in [5.74, 6) is 0. The Kier molecular flexibility index (Phi) is 5.83. The molecule has 0 radical (unpaired) electrons. The van der Waals surface area contributed by atoms with Crippen LogP contribution in [0.1, 0.15) is 0 Å². The van der Waals surface area contributed by atoms with E-state index in [1.807, 2.05) is 17.4 Å². The van der Waals surface area contributed by atoms with Crippen molar-refractivity contribution in [2.45, 2.75) is 0 Å². The number of thiophene rings is 1. The SMILES string of the molecule is c1ccc(-n2c3ccccc3c3cccc(N(c4ccc5sc6ccccc6c5c4)c4ccc5ccc6oc7ccccc7c6c5c4)c32)cc1. The van der Waals surface area contributed by atoms with Gasteiger partial charge in [0, 0.05) is 58.8 Å². The van der Waals surface area contributed by atoms with Crippen molar-refractivity contribution in [3.63, 3.8) is 0 Å². The summed E-state index contributed by atoms with van der Waals surface area (Å²) in [4.78, 5) is 2.45. The van der Waals surface area contributed by atoms with Gasteiger partial charge in [0.15, 0.2) is 0 Å². The Hall–Kier alpha value is -6.36. The van der Waals surface area contributed by atoms with Crippen LogP contribution in [0.5, 0.6) is 0 Å². The zero-order chi connectivity index (χ0) is 32.8. The zero-order valence-electron chi connectivity index (χ0n) is 26.9. The number of rotatable bonds is 4. The molecule has 234 valence electrons. The second-order valence-electron chi connectivity index (χ2n) is 12.9. The third-order valence-electron chi connectivity index (χ3n) is 10.1. The molecule has 0 fully saturated rings. The molecule has 0 N–H and O–H groups in total. The Morgan fingerprint density at radius 1 is 0.460 bits per heavy atom. The van der Waals surface area contributed by atoms with E-state index in [4.69, 9.17) is 4.42 Å². The van der Waals surface area contributed by atoms with Gasteiger partial charge in [-0.25, -0.2) is 0 Å². The largest absolute Gasteiger partial charge is 0.456 e. The highest BCUT2D eigenvalue weighted by Crippen LogP contribution is 2.46. The van der Waals surface area contributed by atoms with Crippen LogP contribution in [0, 0.1) is 0 Å². The Bertz CT molecular complexity index is 3110. The number of aromatic nitrogens is 1. The lowest BCUT2D eigenvalue weighted by Gasteiger charge is -2.27. The quantitative estimate of drug-likeness (QED) is 0.188. The molecular formula is C46H28N2OS. The van der Waals surface area contributed by atoms with Gasteiger partial charge in [-0.2, -0.15) is 0 Å². The lowest BCUT2D eigenvalue weighted by Crippen LogP contribution is -2.11. The van der Waals surface area contributed by atoms with Crippen molar-refractivity contribution in [3.8, 4) is 5.69 Å². The van der Waals surface area contributed by atoms with Crippen LogP contribution in [0.15, 0.2) is 174 Å². The molecule has 11 rings (SSSR count). The molecule has 3 aromatic heterocycles. The van der Waals surface area contributed by atoms with Crippen molar-refractivity contribution < 1.29 is 4.42 Å². The van der Waals surface area contributed by atoms with Gasteiger partial charge in [-0.05, 0) is 83.6 Å². The molecule has 0 saturated carbocycles. The first-order chi connectivity index (χ1) is 24.8. The van der Waals surface area contributed by atoms with Crippen LogP contribution in [0.3, 0.4) is 0 Å². The molecule has 8 aromatic carbocycles. The maximum atomic E-state index is 6.35. The lowest BCUT2D eigenvalue weighted by atomic mass is 10.0. The van der Waals surface area contributed by atoms with Gasteiger partial charge in [0.2, 0.25) is 0 Å². The van der Waals surface area contributed by atoms with Gasteiger partial charge in [-0.1, -0.05) is 97.1 Å². The highest BCUT2D eigenvalue weighted by molar-refractivity contribution is 7.25. The summed E-state index contributed by atoms with van der Waals surface area (Å²) >= 11 is 1.85. The van der Waals surface area contributed by atoms with Gasteiger partial charge in [-0.3, -0.25) is 0 Å². The van der Waals surface area contributed by atoms with Gasteiger partial charge < -0.3 is 13.9 Å². The molecule has 0 saturated heterocycles. The number of para-hydroxylation sites is 4. The maximum Gasteiger partial charge on any atom is 0.136 e. The first-order valence-corrected chi connectivity index (χ1v) is 17.7. The molecule has 3 nitrogen and oxygen atoms in total. The van der Waals surface area contributed by atoms with Gasteiger partial charge >= 0.3 is 0 Å². The summed E-state index contributed by atoms with van der Waals surface area (Å²) < 4.78 is 11.4. The van der Waals surface area contributed by atoms with Crippen LogP contribution in [-0.4, -0.2) is 4.57 Å². The van der Waals surface area contributed by atoms with Crippen LogP contribution < -0.4 is 4.90 Å². The molecule has 3 heterocycles. The number of hydrogen-bond acceptors (Lipinski definition) is 3. The number of benzene rings is 8. The fourth-order valence-corrected chi connectivity index (χ4v) is 9.06. The predicted octanol–water partition coefficient (Wildman–Crippen LogP) is 13.7. The van der Waals surface area contributed by atoms with Crippen molar-refractivity contribution in [1.82, 2.24) is 4.57 Å².